The van der Waals surface area contributed by atoms with Crippen molar-refractivity contribution < 1.29 is 4.79 Å². The number of nitrogens with one attached hydrogen (secondary N) is 2. The minimum atomic E-state index is -0.0978. The number of H-pyrrole nitrogens is 1. The van der Waals surface area contributed by atoms with E-state index in [2.05, 4.69) is 20.5 Å². The minimum Gasteiger partial charge on any atom is -0.325 e. The van der Waals surface area contributed by atoms with Gasteiger partial charge in [0.15, 0.2) is 5.16 Å². The number of rotatable bonds is 4. The highest BCUT2D eigenvalue weighted by atomic mass is 32.2. The first-order valence-electron chi connectivity index (χ1n) is 8.61. The fourth-order valence-electron chi connectivity index (χ4n) is 3.28. The zero-order chi connectivity index (χ0) is 18.1. The number of amides is 1. The van der Waals surface area contributed by atoms with E-state index in [0.717, 1.165) is 48.2 Å². The fraction of sp³-hybridized carbons (Fsp3) is 0.333. The summed E-state index contributed by atoms with van der Waals surface area (Å²) in [5.74, 6) is 0.569. The Labute approximate surface area is 154 Å². The van der Waals surface area contributed by atoms with Crippen molar-refractivity contribution in [2.45, 2.75) is 37.8 Å². The van der Waals surface area contributed by atoms with Crippen LogP contribution in [0.1, 0.15) is 29.7 Å². The van der Waals surface area contributed by atoms with Crippen molar-refractivity contribution in [1.82, 2.24) is 19.6 Å². The van der Waals surface area contributed by atoms with E-state index in [9.17, 15) is 9.59 Å². The molecular formula is C18H19N5O2S. The lowest BCUT2D eigenvalue weighted by atomic mass is 9.97. The van der Waals surface area contributed by atoms with Crippen LogP contribution in [0, 0.1) is 6.92 Å². The van der Waals surface area contributed by atoms with Crippen LogP contribution in [-0.2, 0) is 17.6 Å². The van der Waals surface area contributed by atoms with Crippen LogP contribution < -0.4 is 10.9 Å². The number of hydrogen-bond acceptors (Lipinski definition) is 5. The predicted octanol–water partition coefficient (Wildman–Crippen LogP) is 2.34. The van der Waals surface area contributed by atoms with Gasteiger partial charge in [-0.05, 0) is 44.2 Å². The van der Waals surface area contributed by atoms with Crippen molar-refractivity contribution in [3.05, 3.63) is 51.4 Å². The SMILES string of the molecule is Cc1ccccc1NC(=O)CSc1nnc2[nH]c(=O)c3c(n12)CCCC3. The molecule has 1 amide bonds. The molecule has 134 valence electrons. The van der Waals surface area contributed by atoms with Crippen molar-refractivity contribution in [1.29, 1.82) is 0 Å². The molecule has 0 bridgehead atoms. The molecule has 0 spiro atoms. The number of anilines is 1. The number of para-hydroxylation sites is 1. The van der Waals surface area contributed by atoms with Gasteiger partial charge in [-0.1, -0.05) is 30.0 Å². The molecule has 26 heavy (non-hydrogen) atoms. The summed E-state index contributed by atoms with van der Waals surface area (Å²) in [5, 5.41) is 11.8. The van der Waals surface area contributed by atoms with E-state index in [1.54, 1.807) is 0 Å². The molecule has 8 heteroatoms. The topological polar surface area (TPSA) is 92.2 Å². The van der Waals surface area contributed by atoms with E-state index >= 15 is 0 Å². The van der Waals surface area contributed by atoms with E-state index in [0.29, 0.717) is 10.9 Å². The Morgan fingerprint density at radius 2 is 2.08 bits per heavy atom. The Hall–Kier alpha value is -2.61. The lowest BCUT2D eigenvalue weighted by Crippen LogP contribution is -2.23. The average molecular weight is 369 g/mol. The van der Waals surface area contributed by atoms with Crippen molar-refractivity contribution in [2.75, 3.05) is 11.1 Å². The van der Waals surface area contributed by atoms with Crippen LogP contribution in [0.15, 0.2) is 34.2 Å². The summed E-state index contributed by atoms with van der Waals surface area (Å²) in [6, 6.07) is 7.67. The third kappa shape index (κ3) is 3.12. The van der Waals surface area contributed by atoms with Crippen LogP contribution >= 0.6 is 11.8 Å². The molecule has 0 radical (unpaired) electrons. The molecule has 0 fully saturated rings. The first-order valence-corrected chi connectivity index (χ1v) is 9.59. The number of carbonyl (C=O) groups is 1. The van der Waals surface area contributed by atoms with Gasteiger partial charge in [0, 0.05) is 16.9 Å². The molecule has 2 N–H and O–H groups in total. The Kier molecular flexibility index (Phi) is 4.50. The highest BCUT2D eigenvalue weighted by Crippen LogP contribution is 2.24. The molecule has 0 atom stereocenters. The normalized spacial score (nSPS) is 13.6. The maximum absolute atomic E-state index is 12.3. The zero-order valence-corrected chi connectivity index (χ0v) is 15.2. The number of hydrogen-bond donors (Lipinski definition) is 2. The number of nitrogens with zero attached hydrogens (tertiary/aromatic N) is 3. The molecule has 1 aromatic carbocycles. The van der Waals surface area contributed by atoms with Crippen molar-refractivity contribution >= 4 is 29.1 Å². The monoisotopic (exact) mass is 369 g/mol. The predicted molar refractivity (Wildman–Crippen MR) is 101 cm³/mol. The van der Waals surface area contributed by atoms with Gasteiger partial charge in [-0.15, -0.1) is 10.2 Å². The molecule has 1 aliphatic carbocycles. The average Bonchev–Trinajstić information content (AvgIpc) is 3.05. The number of fused-ring (bicyclic) bond motifs is 3. The van der Waals surface area contributed by atoms with Gasteiger partial charge in [0.1, 0.15) is 0 Å². The van der Waals surface area contributed by atoms with Crippen LogP contribution in [0.2, 0.25) is 0 Å². The maximum Gasteiger partial charge on any atom is 0.255 e. The van der Waals surface area contributed by atoms with E-state index < -0.39 is 0 Å². The van der Waals surface area contributed by atoms with E-state index in [1.165, 1.54) is 11.8 Å². The number of thioether (sulfide) groups is 1. The number of benzene rings is 1. The molecule has 0 aliphatic heterocycles. The summed E-state index contributed by atoms with van der Waals surface area (Å²) in [5.41, 5.74) is 3.54. The van der Waals surface area contributed by atoms with Gasteiger partial charge < -0.3 is 5.32 Å². The first kappa shape index (κ1) is 16.8. The quantitative estimate of drug-likeness (QED) is 0.689. The molecule has 4 rings (SSSR count). The second-order valence-corrected chi connectivity index (χ2v) is 7.32. The fourth-order valence-corrected chi connectivity index (χ4v) is 4.03. The Bertz CT molecular complexity index is 1040. The van der Waals surface area contributed by atoms with Gasteiger partial charge in [-0.3, -0.25) is 19.0 Å². The largest absolute Gasteiger partial charge is 0.325 e. The molecule has 2 aromatic heterocycles. The second kappa shape index (κ2) is 6.95. The number of aromatic nitrogens is 4. The zero-order valence-electron chi connectivity index (χ0n) is 14.4. The molecular weight excluding hydrogens is 350 g/mol. The third-order valence-electron chi connectivity index (χ3n) is 4.59. The lowest BCUT2D eigenvalue weighted by Gasteiger charge is -2.16. The smallest absolute Gasteiger partial charge is 0.255 e. The summed E-state index contributed by atoms with van der Waals surface area (Å²) in [4.78, 5) is 27.3. The van der Waals surface area contributed by atoms with Crippen LogP contribution in [0.4, 0.5) is 5.69 Å². The highest BCUT2D eigenvalue weighted by molar-refractivity contribution is 7.99. The summed E-state index contributed by atoms with van der Waals surface area (Å²) < 4.78 is 1.89. The molecule has 1 aliphatic rings. The number of aryl methyl sites for hydroxylation is 2. The lowest BCUT2D eigenvalue weighted by molar-refractivity contribution is -0.113. The number of carbonyl (C=O) groups excluding carboxylic acids is 1. The van der Waals surface area contributed by atoms with Gasteiger partial charge >= 0.3 is 0 Å². The molecule has 2 heterocycles. The van der Waals surface area contributed by atoms with Crippen LogP contribution in [0.5, 0.6) is 0 Å². The summed E-state index contributed by atoms with van der Waals surface area (Å²) in [6.45, 7) is 1.96. The Morgan fingerprint density at radius 3 is 2.92 bits per heavy atom. The second-order valence-electron chi connectivity index (χ2n) is 6.38. The Morgan fingerprint density at radius 1 is 1.27 bits per heavy atom. The molecule has 3 aromatic rings. The van der Waals surface area contributed by atoms with Gasteiger partial charge in [-0.25, -0.2) is 0 Å². The first-order chi connectivity index (χ1) is 12.6. The molecule has 7 nitrogen and oxygen atoms in total. The van der Waals surface area contributed by atoms with E-state index in [-0.39, 0.29) is 17.2 Å². The highest BCUT2D eigenvalue weighted by Gasteiger charge is 2.20. The van der Waals surface area contributed by atoms with Crippen LogP contribution in [0.25, 0.3) is 5.78 Å². The summed E-state index contributed by atoms with van der Waals surface area (Å²) in [7, 11) is 0. The van der Waals surface area contributed by atoms with Crippen molar-refractivity contribution in [2.24, 2.45) is 0 Å². The Balaban J connectivity index is 1.55. The van der Waals surface area contributed by atoms with Crippen LogP contribution in [-0.4, -0.2) is 31.2 Å². The van der Waals surface area contributed by atoms with E-state index in [4.69, 9.17) is 0 Å². The minimum absolute atomic E-state index is 0.0755. The maximum atomic E-state index is 12.3. The summed E-state index contributed by atoms with van der Waals surface area (Å²) in [6.07, 6.45) is 3.67. The van der Waals surface area contributed by atoms with Gasteiger partial charge in [0.2, 0.25) is 11.7 Å². The van der Waals surface area contributed by atoms with Gasteiger partial charge in [-0.2, -0.15) is 0 Å². The van der Waals surface area contributed by atoms with Gasteiger partial charge in [0.05, 0.1) is 5.75 Å². The number of aromatic amines is 1. The molecule has 0 unspecified atom stereocenters. The van der Waals surface area contributed by atoms with Gasteiger partial charge in [0.25, 0.3) is 5.56 Å². The van der Waals surface area contributed by atoms with Crippen molar-refractivity contribution in [3.63, 3.8) is 0 Å². The summed E-state index contributed by atoms with van der Waals surface area (Å²) >= 11 is 1.32. The standard InChI is InChI=1S/C18H19N5O2S/c1-11-6-2-4-8-13(11)19-15(24)10-26-18-22-21-17-20-16(25)12-7-3-5-9-14(12)23(17)18/h2,4,6,8H,3,5,7,9-10H2,1H3,(H,19,24)(H,20,21,25). The van der Waals surface area contributed by atoms with Crippen molar-refractivity contribution in [3.8, 4) is 0 Å². The molecule has 0 saturated carbocycles. The third-order valence-corrected chi connectivity index (χ3v) is 5.52. The van der Waals surface area contributed by atoms with Crippen LogP contribution in [0.3, 0.4) is 0 Å². The molecule has 0 saturated heterocycles. The van der Waals surface area contributed by atoms with E-state index in [1.807, 2.05) is 35.6 Å².